The molecule has 0 N–H and O–H groups in total. The summed E-state index contributed by atoms with van der Waals surface area (Å²) in [7, 11) is 1.24. The molecule has 0 aliphatic carbocycles. The molecule has 4 heteroatoms. The lowest BCUT2D eigenvalue weighted by Gasteiger charge is -2.17. The SMILES string of the molecule is COC(=O)[C@@]1(C)C=CC(=O)O1. The van der Waals surface area contributed by atoms with Crippen LogP contribution in [-0.2, 0) is 19.1 Å². The van der Waals surface area contributed by atoms with E-state index in [-0.39, 0.29) is 0 Å². The maximum atomic E-state index is 10.9. The second-order valence-corrected chi connectivity index (χ2v) is 2.35. The van der Waals surface area contributed by atoms with E-state index in [4.69, 9.17) is 0 Å². The lowest BCUT2D eigenvalue weighted by Crippen LogP contribution is -2.35. The lowest BCUT2D eigenvalue weighted by atomic mass is 10.1. The van der Waals surface area contributed by atoms with Crippen molar-refractivity contribution in [1.82, 2.24) is 0 Å². The van der Waals surface area contributed by atoms with Crippen LogP contribution in [0.1, 0.15) is 6.92 Å². The van der Waals surface area contributed by atoms with Crippen LogP contribution in [-0.4, -0.2) is 24.6 Å². The monoisotopic (exact) mass is 156 g/mol. The van der Waals surface area contributed by atoms with Gasteiger partial charge in [0.2, 0.25) is 5.60 Å². The largest absolute Gasteiger partial charge is 0.466 e. The minimum absolute atomic E-state index is 0.516. The van der Waals surface area contributed by atoms with Gasteiger partial charge in [-0.05, 0) is 13.0 Å². The summed E-state index contributed by atoms with van der Waals surface area (Å²) >= 11 is 0. The normalized spacial score (nSPS) is 28.4. The van der Waals surface area contributed by atoms with Crippen LogP contribution in [0.2, 0.25) is 0 Å². The van der Waals surface area contributed by atoms with E-state index >= 15 is 0 Å². The molecule has 0 amide bonds. The van der Waals surface area contributed by atoms with Gasteiger partial charge in [0.1, 0.15) is 0 Å². The number of hydrogen-bond acceptors (Lipinski definition) is 4. The Morgan fingerprint density at radius 1 is 1.73 bits per heavy atom. The summed E-state index contributed by atoms with van der Waals surface area (Å²) < 4.78 is 9.09. The molecular formula is C7H8O4. The van der Waals surface area contributed by atoms with Gasteiger partial charge in [0.25, 0.3) is 0 Å². The van der Waals surface area contributed by atoms with Crippen LogP contribution in [0.3, 0.4) is 0 Å². The number of hydrogen-bond donors (Lipinski definition) is 0. The maximum absolute atomic E-state index is 10.9. The lowest BCUT2D eigenvalue weighted by molar-refractivity contribution is -0.167. The van der Waals surface area contributed by atoms with E-state index in [1.807, 2.05) is 0 Å². The Labute approximate surface area is 63.8 Å². The van der Waals surface area contributed by atoms with Gasteiger partial charge in [-0.1, -0.05) is 0 Å². The zero-order valence-electron chi connectivity index (χ0n) is 6.29. The highest BCUT2D eigenvalue weighted by Crippen LogP contribution is 2.20. The summed E-state index contributed by atoms with van der Waals surface area (Å²) in [6, 6.07) is 0. The highest BCUT2D eigenvalue weighted by Gasteiger charge is 2.39. The minimum Gasteiger partial charge on any atom is -0.466 e. The third kappa shape index (κ3) is 1.24. The van der Waals surface area contributed by atoms with Crippen LogP contribution in [0.5, 0.6) is 0 Å². The first kappa shape index (κ1) is 7.78. The number of carbonyl (C=O) groups excluding carboxylic acids is 2. The summed E-state index contributed by atoms with van der Waals surface area (Å²) in [6.45, 7) is 1.47. The third-order valence-electron chi connectivity index (χ3n) is 1.44. The van der Waals surface area contributed by atoms with Gasteiger partial charge in [-0.2, -0.15) is 0 Å². The first-order valence-corrected chi connectivity index (χ1v) is 3.09. The molecule has 0 saturated carbocycles. The molecule has 60 valence electrons. The maximum Gasteiger partial charge on any atom is 0.354 e. The quantitative estimate of drug-likeness (QED) is 0.502. The van der Waals surface area contributed by atoms with Gasteiger partial charge in [-0.15, -0.1) is 0 Å². The van der Waals surface area contributed by atoms with E-state index in [1.165, 1.54) is 26.2 Å². The average Bonchev–Trinajstić information content (AvgIpc) is 2.31. The van der Waals surface area contributed by atoms with Gasteiger partial charge in [-0.3, -0.25) is 0 Å². The zero-order valence-corrected chi connectivity index (χ0v) is 6.29. The first-order chi connectivity index (χ1) is 5.08. The molecule has 1 atom stereocenters. The summed E-state index contributed by atoms with van der Waals surface area (Å²) in [4.78, 5) is 21.5. The second kappa shape index (κ2) is 2.38. The van der Waals surface area contributed by atoms with Crippen LogP contribution >= 0.6 is 0 Å². The Hall–Kier alpha value is -1.32. The van der Waals surface area contributed by atoms with Crippen LogP contribution in [0.4, 0.5) is 0 Å². The molecule has 0 saturated heterocycles. The topological polar surface area (TPSA) is 52.6 Å². The molecule has 0 aromatic rings. The molecule has 0 bridgehead atoms. The van der Waals surface area contributed by atoms with E-state index < -0.39 is 17.5 Å². The fourth-order valence-corrected chi connectivity index (χ4v) is 0.816. The van der Waals surface area contributed by atoms with E-state index in [2.05, 4.69) is 9.47 Å². The highest BCUT2D eigenvalue weighted by molar-refractivity contribution is 5.93. The molecular weight excluding hydrogens is 148 g/mol. The number of ether oxygens (including phenoxy) is 2. The van der Waals surface area contributed by atoms with Gasteiger partial charge in [0, 0.05) is 6.08 Å². The fraction of sp³-hybridized carbons (Fsp3) is 0.429. The van der Waals surface area contributed by atoms with E-state index in [0.29, 0.717) is 0 Å². The van der Waals surface area contributed by atoms with Crippen molar-refractivity contribution in [1.29, 1.82) is 0 Å². The number of methoxy groups -OCH3 is 1. The van der Waals surface area contributed by atoms with E-state index in [1.54, 1.807) is 0 Å². The standard InChI is InChI=1S/C7H8O4/c1-7(6(9)10-2)4-3-5(8)11-7/h3-4H,1-2H3/t7-/m1/s1. The number of carbonyl (C=O) groups is 2. The molecule has 1 heterocycles. The van der Waals surface area contributed by atoms with Gasteiger partial charge in [0.05, 0.1) is 7.11 Å². The molecule has 0 unspecified atom stereocenters. The third-order valence-corrected chi connectivity index (χ3v) is 1.44. The highest BCUT2D eigenvalue weighted by atomic mass is 16.6. The molecule has 0 fully saturated rings. The van der Waals surface area contributed by atoms with Crippen molar-refractivity contribution in [3.8, 4) is 0 Å². The van der Waals surface area contributed by atoms with Crippen molar-refractivity contribution in [3.05, 3.63) is 12.2 Å². The van der Waals surface area contributed by atoms with Crippen molar-refractivity contribution in [2.24, 2.45) is 0 Å². The molecule has 4 nitrogen and oxygen atoms in total. The Morgan fingerprint density at radius 2 is 2.36 bits per heavy atom. The van der Waals surface area contributed by atoms with Crippen LogP contribution in [0.25, 0.3) is 0 Å². The molecule has 0 radical (unpaired) electrons. The van der Waals surface area contributed by atoms with Crippen molar-refractivity contribution in [2.45, 2.75) is 12.5 Å². The van der Waals surface area contributed by atoms with Crippen LogP contribution in [0, 0.1) is 0 Å². The molecule has 0 aromatic carbocycles. The predicted molar refractivity (Wildman–Crippen MR) is 35.7 cm³/mol. The predicted octanol–water partition coefficient (Wildman–Crippen LogP) is 0.0311. The molecule has 1 rings (SSSR count). The molecule has 0 aromatic heterocycles. The minimum atomic E-state index is -1.22. The second-order valence-electron chi connectivity index (χ2n) is 2.35. The van der Waals surface area contributed by atoms with Crippen molar-refractivity contribution < 1.29 is 19.1 Å². The van der Waals surface area contributed by atoms with Crippen molar-refractivity contribution in [2.75, 3.05) is 7.11 Å². The Bertz CT molecular complexity index is 231. The summed E-state index contributed by atoms with van der Waals surface area (Å²) in [5.74, 6) is -1.09. The molecule has 0 spiro atoms. The Kier molecular flexibility index (Phi) is 1.68. The summed E-state index contributed by atoms with van der Waals surface area (Å²) in [5, 5.41) is 0. The fourth-order valence-electron chi connectivity index (χ4n) is 0.816. The summed E-state index contributed by atoms with van der Waals surface area (Å²) in [6.07, 6.45) is 2.58. The van der Waals surface area contributed by atoms with Crippen LogP contribution in [0.15, 0.2) is 12.2 Å². The Morgan fingerprint density at radius 3 is 2.73 bits per heavy atom. The number of cyclic esters (lactones) is 1. The van der Waals surface area contributed by atoms with Crippen LogP contribution < -0.4 is 0 Å². The number of rotatable bonds is 1. The van der Waals surface area contributed by atoms with E-state index in [9.17, 15) is 9.59 Å². The molecule has 1 aliphatic rings. The van der Waals surface area contributed by atoms with E-state index in [0.717, 1.165) is 0 Å². The van der Waals surface area contributed by atoms with Gasteiger partial charge in [-0.25, -0.2) is 9.59 Å². The zero-order chi connectivity index (χ0) is 8.48. The molecule has 11 heavy (non-hydrogen) atoms. The number of esters is 2. The average molecular weight is 156 g/mol. The first-order valence-electron chi connectivity index (χ1n) is 3.09. The van der Waals surface area contributed by atoms with Gasteiger partial charge in [0.15, 0.2) is 0 Å². The Balaban J connectivity index is 2.78. The van der Waals surface area contributed by atoms with Crippen molar-refractivity contribution in [3.63, 3.8) is 0 Å². The smallest absolute Gasteiger partial charge is 0.354 e. The van der Waals surface area contributed by atoms with Gasteiger partial charge < -0.3 is 9.47 Å². The van der Waals surface area contributed by atoms with Gasteiger partial charge >= 0.3 is 11.9 Å². The molecule has 1 aliphatic heterocycles. The van der Waals surface area contributed by atoms with Crippen molar-refractivity contribution >= 4 is 11.9 Å². The summed E-state index contributed by atoms with van der Waals surface area (Å²) in [5.41, 5.74) is -1.22.